The number of fused-ring (bicyclic) bond motifs is 1. The lowest BCUT2D eigenvalue weighted by atomic mass is 9.91. The fourth-order valence-corrected chi connectivity index (χ4v) is 6.65. The summed E-state index contributed by atoms with van der Waals surface area (Å²) in [5, 5.41) is 0. The molecule has 1 aromatic heterocycles. The van der Waals surface area contributed by atoms with Gasteiger partial charge in [0.25, 0.3) is 0 Å². The molecule has 170 valence electrons. The first-order valence-electron chi connectivity index (χ1n) is 11.5. The summed E-state index contributed by atoms with van der Waals surface area (Å²) in [6.07, 6.45) is 5.07. The van der Waals surface area contributed by atoms with Crippen LogP contribution in [-0.2, 0) is 28.3 Å². The number of sulfonamides is 1. The molecule has 0 saturated carbocycles. The van der Waals surface area contributed by atoms with Gasteiger partial charge in [0.05, 0.1) is 15.9 Å². The van der Waals surface area contributed by atoms with Crippen molar-refractivity contribution in [2.24, 2.45) is 18.9 Å². The van der Waals surface area contributed by atoms with Crippen LogP contribution in [0.2, 0.25) is 0 Å². The van der Waals surface area contributed by atoms with Crippen molar-refractivity contribution in [1.82, 2.24) is 18.8 Å². The van der Waals surface area contributed by atoms with Gasteiger partial charge in [-0.2, -0.15) is 4.31 Å². The van der Waals surface area contributed by atoms with E-state index < -0.39 is 10.0 Å². The van der Waals surface area contributed by atoms with Crippen molar-refractivity contribution in [1.29, 1.82) is 0 Å². The molecule has 2 unspecified atom stereocenters. The summed E-state index contributed by atoms with van der Waals surface area (Å²) in [5.74, 6) is 2.08. The molecule has 1 amide bonds. The number of nitrogens with zero attached hydrogens (tertiary/aromatic N) is 4. The highest BCUT2D eigenvalue weighted by Gasteiger charge is 2.27. The Labute approximate surface area is 185 Å². The summed E-state index contributed by atoms with van der Waals surface area (Å²) in [6.45, 7) is 7.26. The molecule has 3 heterocycles. The van der Waals surface area contributed by atoms with E-state index in [4.69, 9.17) is 0 Å². The number of hydrogen-bond donors (Lipinski definition) is 0. The molecule has 2 aliphatic rings. The van der Waals surface area contributed by atoms with Crippen molar-refractivity contribution >= 4 is 27.0 Å². The molecule has 4 rings (SSSR count). The van der Waals surface area contributed by atoms with Crippen LogP contribution in [0.15, 0.2) is 23.1 Å². The molecule has 7 nitrogen and oxygen atoms in total. The highest BCUT2D eigenvalue weighted by Crippen LogP contribution is 2.25. The van der Waals surface area contributed by atoms with Gasteiger partial charge in [-0.05, 0) is 49.3 Å². The second-order valence-electron chi connectivity index (χ2n) is 9.45. The number of carbonyl (C=O) groups excluding carboxylic acids is 1. The van der Waals surface area contributed by atoms with Crippen molar-refractivity contribution in [3.63, 3.8) is 0 Å². The molecule has 0 bridgehead atoms. The lowest BCUT2D eigenvalue weighted by Crippen LogP contribution is -2.42. The first-order valence-corrected chi connectivity index (χ1v) is 12.9. The van der Waals surface area contributed by atoms with Gasteiger partial charge in [-0.25, -0.2) is 13.4 Å². The van der Waals surface area contributed by atoms with Gasteiger partial charge in [0.15, 0.2) is 0 Å². The minimum Gasteiger partial charge on any atom is -0.342 e. The van der Waals surface area contributed by atoms with E-state index in [9.17, 15) is 13.2 Å². The predicted octanol–water partition coefficient (Wildman–Crippen LogP) is 3.19. The summed E-state index contributed by atoms with van der Waals surface area (Å²) >= 11 is 0. The summed E-state index contributed by atoms with van der Waals surface area (Å²) in [5.41, 5.74) is 1.56. The van der Waals surface area contributed by atoms with Gasteiger partial charge in [-0.15, -0.1) is 0 Å². The number of likely N-dealkylation sites (tertiary alicyclic amines) is 1. The van der Waals surface area contributed by atoms with Gasteiger partial charge < -0.3 is 9.47 Å². The maximum absolute atomic E-state index is 13.0. The second-order valence-corrected chi connectivity index (χ2v) is 11.4. The molecule has 2 aliphatic heterocycles. The van der Waals surface area contributed by atoms with Crippen LogP contribution in [0.5, 0.6) is 0 Å². The number of carbonyl (C=O) groups is 1. The maximum atomic E-state index is 13.0. The molecule has 0 aliphatic carbocycles. The van der Waals surface area contributed by atoms with Crippen LogP contribution in [0.4, 0.5) is 0 Å². The van der Waals surface area contributed by atoms with E-state index >= 15 is 0 Å². The first-order chi connectivity index (χ1) is 14.8. The van der Waals surface area contributed by atoms with Crippen LogP contribution in [0.25, 0.3) is 11.0 Å². The molecule has 31 heavy (non-hydrogen) atoms. The molecular weight excluding hydrogens is 412 g/mol. The van der Waals surface area contributed by atoms with Crippen LogP contribution < -0.4 is 0 Å². The fourth-order valence-electron chi connectivity index (χ4n) is 5.11. The number of rotatable bonds is 5. The lowest BCUT2D eigenvalue weighted by Gasteiger charge is -2.35. The van der Waals surface area contributed by atoms with E-state index in [1.54, 1.807) is 16.4 Å². The van der Waals surface area contributed by atoms with Crippen LogP contribution in [0.3, 0.4) is 0 Å². The summed E-state index contributed by atoms with van der Waals surface area (Å²) in [4.78, 5) is 19.7. The standard InChI is InChI=1S/C23H34N4O3S/c1-17-13-18(2)16-26(15-17)23(28)10-9-22-24-20-14-19(7-8-21(20)25(22)3)31(29,30)27-11-5-4-6-12-27/h7-8,14,17-18H,4-6,9-13,15-16H2,1-3H3. The lowest BCUT2D eigenvalue weighted by molar-refractivity contribution is -0.133. The number of piperidine rings is 2. The Bertz CT molecular complexity index is 1050. The van der Waals surface area contributed by atoms with E-state index in [1.807, 2.05) is 22.6 Å². The summed E-state index contributed by atoms with van der Waals surface area (Å²) in [7, 11) is -1.55. The average molecular weight is 447 g/mol. The smallest absolute Gasteiger partial charge is 0.243 e. The number of hydrogen-bond acceptors (Lipinski definition) is 4. The zero-order chi connectivity index (χ0) is 22.2. The van der Waals surface area contributed by atoms with Crippen molar-refractivity contribution in [3.8, 4) is 0 Å². The molecule has 8 heteroatoms. The Morgan fingerprint density at radius 2 is 1.77 bits per heavy atom. The topological polar surface area (TPSA) is 75.5 Å². The van der Waals surface area contributed by atoms with Crippen molar-refractivity contribution in [2.75, 3.05) is 26.2 Å². The molecule has 2 saturated heterocycles. The van der Waals surface area contributed by atoms with Crippen LogP contribution >= 0.6 is 0 Å². The zero-order valence-corrected chi connectivity index (χ0v) is 19.7. The third-order valence-electron chi connectivity index (χ3n) is 6.68. The Morgan fingerprint density at radius 1 is 1.10 bits per heavy atom. The highest BCUT2D eigenvalue weighted by atomic mass is 32.2. The van der Waals surface area contributed by atoms with Gasteiger partial charge in [-0.3, -0.25) is 4.79 Å². The van der Waals surface area contributed by atoms with Gasteiger partial charge in [0, 0.05) is 46.1 Å². The largest absolute Gasteiger partial charge is 0.342 e. The molecule has 1 aromatic carbocycles. The van der Waals surface area contributed by atoms with Crippen LogP contribution in [0, 0.1) is 11.8 Å². The Hall–Kier alpha value is -1.93. The molecule has 2 fully saturated rings. The molecule has 2 aromatic rings. The summed E-state index contributed by atoms with van der Waals surface area (Å²) < 4.78 is 29.6. The Kier molecular flexibility index (Phi) is 6.40. The Balaban J connectivity index is 1.49. The second kappa shape index (κ2) is 8.90. The first kappa shape index (κ1) is 22.3. The summed E-state index contributed by atoms with van der Waals surface area (Å²) in [6, 6.07) is 5.19. The fraction of sp³-hybridized carbons (Fsp3) is 0.652. The number of aryl methyl sites for hydroxylation is 2. The minimum absolute atomic E-state index is 0.179. The van der Waals surface area contributed by atoms with Gasteiger partial charge in [-0.1, -0.05) is 20.3 Å². The molecule has 2 atom stereocenters. The zero-order valence-electron chi connectivity index (χ0n) is 18.9. The molecule has 0 spiro atoms. The third kappa shape index (κ3) is 4.65. The Morgan fingerprint density at radius 3 is 2.45 bits per heavy atom. The SMILES string of the molecule is CC1CC(C)CN(C(=O)CCc2nc3cc(S(=O)(=O)N4CCCCC4)ccc3n2C)C1. The number of amides is 1. The number of imidazole rings is 1. The third-order valence-corrected chi connectivity index (χ3v) is 8.58. The van der Waals surface area contributed by atoms with Crippen LogP contribution in [0.1, 0.15) is 51.8 Å². The minimum atomic E-state index is -3.48. The van der Waals surface area contributed by atoms with E-state index in [0.29, 0.717) is 48.2 Å². The normalized spacial score (nSPS) is 23.4. The highest BCUT2D eigenvalue weighted by molar-refractivity contribution is 7.89. The average Bonchev–Trinajstić information content (AvgIpc) is 3.07. The maximum Gasteiger partial charge on any atom is 0.243 e. The van der Waals surface area contributed by atoms with Crippen LogP contribution in [-0.4, -0.2) is 59.3 Å². The van der Waals surface area contributed by atoms with Gasteiger partial charge in [0.2, 0.25) is 15.9 Å². The van der Waals surface area contributed by atoms with Gasteiger partial charge >= 0.3 is 0 Å². The predicted molar refractivity (Wildman–Crippen MR) is 121 cm³/mol. The van der Waals surface area contributed by atoms with Crippen molar-refractivity contribution in [2.45, 2.75) is 57.3 Å². The molecule has 0 radical (unpaired) electrons. The van der Waals surface area contributed by atoms with E-state index in [0.717, 1.165) is 43.7 Å². The number of aromatic nitrogens is 2. The molecule has 0 N–H and O–H groups in total. The quantitative estimate of drug-likeness (QED) is 0.707. The number of benzene rings is 1. The monoisotopic (exact) mass is 446 g/mol. The van der Waals surface area contributed by atoms with Crippen molar-refractivity contribution < 1.29 is 13.2 Å². The molecular formula is C23H34N4O3S. The van der Waals surface area contributed by atoms with Gasteiger partial charge in [0.1, 0.15) is 5.82 Å². The van der Waals surface area contributed by atoms with E-state index in [-0.39, 0.29) is 5.91 Å². The van der Waals surface area contributed by atoms with E-state index in [2.05, 4.69) is 18.8 Å². The van der Waals surface area contributed by atoms with E-state index in [1.165, 1.54) is 6.42 Å². The van der Waals surface area contributed by atoms with Crippen molar-refractivity contribution in [3.05, 3.63) is 24.0 Å².